The number of rotatable bonds is 6. The topological polar surface area (TPSA) is 81.8 Å². The Balaban J connectivity index is 2.05. The van der Waals surface area contributed by atoms with Crippen LogP contribution in [0, 0.1) is 5.82 Å². The highest BCUT2D eigenvalue weighted by Crippen LogP contribution is 2.18. The van der Waals surface area contributed by atoms with Crippen LogP contribution in [-0.4, -0.2) is 62.3 Å². The fourth-order valence-corrected chi connectivity index (χ4v) is 2.75. The highest BCUT2D eigenvalue weighted by Gasteiger charge is 2.21. The molecule has 0 bridgehead atoms. The number of hydrogen-bond acceptors (Lipinski definition) is 4. The second-order valence-electron chi connectivity index (χ2n) is 6.94. The van der Waals surface area contributed by atoms with Crippen LogP contribution in [0.15, 0.2) is 48.5 Å². The predicted octanol–water partition coefficient (Wildman–Crippen LogP) is 1.89. The number of amides is 3. The summed E-state index contributed by atoms with van der Waals surface area (Å²) in [5.41, 5.74) is 1.35. The van der Waals surface area contributed by atoms with Crippen LogP contribution in [0.5, 0.6) is 0 Å². The van der Waals surface area contributed by atoms with Gasteiger partial charge in [0.05, 0.1) is 17.3 Å². The smallest absolute Gasteiger partial charge is 0.313 e. The van der Waals surface area contributed by atoms with Crippen molar-refractivity contribution in [3.63, 3.8) is 0 Å². The van der Waals surface area contributed by atoms with Gasteiger partial charge in [-0.05, 0) is 43.9 Å². The summed E-state index contributed by atoms with van der Waals surface area (Å²) in [6.45, 7) is 0.156. The minimum atomic E-state index is -0.874. The van der Waals surface area contributed by atoms with Gasteiger partial charge in [0, 0.05) is 20.6 Å². The molecule has 0 aliphatic rings. The SMILES string of the molecule is CN(C)C(=O)c1ccccc1NC(=O)C(=O)NCC(c1ccc(F)cc1)N(C)C. The van der Waals surface area contributed by atoms with E-state index in [4.69, 9.17) is 0 Å². The Labute approximate surface area is 169 Å². The van der Waals surface area contributed by atoms with E-state index in [1.807, 2.05) is 19.0 Å². The first-order valence-electron chi connectivity index (χ1n) is 9.02. The van der Waals surface area contributed by atoms with E-state index in [2.05, 4.69) is 10.6 Å². The van der Waals surface area contributed by atoms with Crippen LogP contribution in [0.25, 0.3) is 0 Å². The molecule has 2 rings (SSSR count). The average molecular weight is 400 g/mol. The number of halogens is 1. The molecule has 154 valence electrons. The highest BCUT2D eigenvalue weighted by atomic mass is 19.1. The Hall–Kier alpha value is -3.26. The maximum Gasteiger partial charge on any atom is 0.313 e. The van der Waals surface area contributed by atoms with Gasteiger partial charge in [-0.15, -0.1) is 0 Å². The Kier molecular flexibility index (Phi) is 7.44. The fraction of sp³-hybridized carbons (Fsp3) is 0.286. The molecule has 1 atom stereocenters. The first-order chi connectivity index (χ1) is 13.7. The molecule has 8 heteroatoms. The Morgan fingerprint density at radius 1 is 0.931 bits per heavy atom. The summed E-state index contributed by atoms with van der Waals surface area (Å²) < 4.78 is 13.2. The maximum absolute atomic E-state index is 13.2. The number of carbonyl (C=O) groups is 3. The molecule has 0 aliphatic heterocycles. The minimum absolute atomic E-state index is 0.156. The van der Waals surface area contributed by atoms with Gasteiger partial charge in [-0.1, -0.05) is 24.3 Å². The molecule has 2 aromatic carbocycles. The lowest BCUT2D eigenvalue weighted by Crippen LogP contribution is -2.40. The molecular weight excluding hydrogens is 375 g/mol. The Morgan fingerprint density at radius 3 is 2.14 bits per heavy atom. The zero-order valence-electron chi connectivity index (χ0n) is 16.9. The van der Waals surface area contributed by atoms with Crippen LogP contribution >= 0.6 is 0 Å². The molecule has 29 heavy (non-hydrogen) atoms. The van der Waals surface area contributed by atoms with Crippen molar-refractivity contribution >= 4 is 23.4 Å². The van der Waals surface area contributed by atoms with Crippen molar-refractivity contribution in [1.82, 2.24) is 15.1 Å². The van der Waals surface area contributed by atoms with Crippen molar-refractivity contribution in [2.75, 3.05) is 40.1 Å². The zero-order chi connectivity index (χ0) is 21.6. The van der Waals surface area contributed by atoms with Crippen LogP contribution in [0.1, 0.15) is 22.0 Å². The summed E-state index contributed by atoms with van der Waals surface area (Å²) in [5.74, 6) is -2.34. The third-order valence-electron chi connectivity index (χ3n) is 4.35. The molecule has 0 heterocycles. The minimum Gasteiger partial charge on any atom is -0.346 e. The highest BCUT2D eigenvalue weighted by molar-refractivity contribution is 6.40. The van der Waals surface area contributed by atoms with Gasteiger partial charge in [0.2, 0.25) is 0 Å². The van der Waals surface area contributed by atoms with Gasteiger partial charge in [-0.2, -0.15) is 0 Å². The number of hydrogen-bond donors (Lipinski definition) is 2. The Morgan fingerprint density at radius 2 is 1.55 bits per heavy atom. The van der Waals surface area contributed by atoms with E-state index in [1.165, 1.54) is 17.0 Å². The summed E-state index contributed by atoms with van der Waals surface area (Å²) in [7, 11) is 6.85. The first-order valence-corrected chi connectivity index (χ1v) is 9.02. The van der Waals surface area contributed by atoms with Crippen molar-refractivity contribution in [1.29, 1.82) is 0 Å². The maximum atomic E-state index is 13.2. The summed E-state index contributed by atoms with van der Waals surface area (Å²) in [6.07, 6.45) is 0. The van der Waals surface area contributed by atoms with E-state index in [-0.39, 0.29) is 35.6 Å². The summed E-state index contributed by atoms with van der Waals surface area (Å²) in [6, 6.07) is 12.2. The average Bonchev–Trinajstić information content (AvgIpc) is 2.68. The number of nitrogens with one attached hydrogen (secondary N) is 2. The molecule has 0 spiro atoms. The summed E-state index contributed by atoms with van der Waals surface area (Å²) in [4.78, 5) is 40.1. The van der Waals surface area contributed by atoms with E-state index in [9.17, 15) is 18.8 Å². The molecule has 2 aromatic rings. The standard InChI is InChI=1S/C21H25FN4O3/c1-25(2)18(14-9-11-15(22)12-10-14)13-23-19(27)20(28)24-17-8-6-5-7-16(17)21(29)26(3)4/h5-12,18H,13H2,1-4H3,(H,23,27)(H,24,28). The summed E-state index contributed by atoms with van der Waals surface area (Å²) >= 11 is 0. The second-order valence-corrected chi connectivity index (χ2v) is 6.94. The third kappa shape index (κ3) is 5.86. The molecule has 2 N–H and O–H groups in total. The monoisotopic (exact) mass is 400 g/mol. The van der Waals surface area contributed by atoms with Crippen LogP contribution in [0.2, 0.25) is 0 Å². The van der Waals surface area contributed by atoms with Gasteiger partial charge >= 0.3 is 11.8 Å². The van der Waals surface area contributed by atoms with Gasteiger partial charge in [0.25, 0.3) is 5.91 Å². The molecule has 1 unspecified atom stereocenters. The number of carbonyl (C=O) groups excluding carboxylic acids is 3. The third-order valence-corrected chi connectivity index (χ3v) is 4.35. The van der Waals surface area contributed by atoms with E-state index >= 15 is 0 Å². The van der Waals surface area contributed by atoms with E-state index in [0.717, 1.165) is 5.56 Å². The van der Waals surface area contributed by atoms with Crippen LogP contribution < -0.4 is 10.6 Å². The van der Waals surface area contributed by atoms with E-state index in [0.29, 0.717) is 0 Å². The lowest BCUT2D eigenvalue weighted by atomic mass is 10.1. The first kappa shape index (κ1) is 22.0. The van der Waals surface area contributed by atoms with Gasteiger partial charge in [0.15, 0.2) is 0 Å². The van der Waals surface area contributed by atoms with Gasteiger partial charge in [-0.25, -0.2) is 4.39 Å². The molecule has 7 nitrogen and oxygen atoms in total. The number of nitrogens with zero attached hydrogens (tertiary/aromatic N) is 2. The van der Waals surface area contributed by atoms with Crippen LogP contribution in [0.3, 0.4) is 0 Å². The van der Waals surface area contributed by atoms with Crippen molar-refractivity contribution < 1.29 is 18.8 Å². The van der Waals surface area contributed by atoms with Crippen LogP contribution in [-0.2, 0) is 9.59 Å². The van der Waals surface area contributed by atoms with Crippen molar-refractivity contribution in [3.05, 3.63) is 65.5 Å². The lowest BCUT2D eigenvalue weighted by molar-refractivity contribution is -0.136. The van der Waals surface area contributed by atoms with Gasteiger partial charge in [-0.3, -0.25) is 14.4 Å². The molecular formula is C21H25FN4O3. The van der Waals surface area contributed by atoms with E-state index in [1.54, 1.807) is 50.5 Å². The quantitative estimate of drug-likeness (QED) is 0.726. The number of para-hydroxylation sites is 1. The number of benzene rings is 2. The van der Waals surface area contributed by atoms with Crippen LogP contribution in [0.4, 0.5) is 10.1 Å². The van der Waals surface area contributed by atoms with Gasteiger partial charge < -0.3 is 20.4 Å². The van der Waals surface area contributed by atoms with Crippen molar-refractivity contribution in [3.8, 4) is 0 Å². The zero-order valence-corrected chi connectivity index (χ0v) is 16.9. The molecule has 0 fully saturated rings. The molecule has 0 saturated heterocycles. The molecule has 0 saturated carbocycles. The van der Waals surface area contributed by atoms with Crippen molar-refractivity contribution in [2.45, 2.75) is 6.04 Å². The second kappa shape index (κ2) is 9.79. The normalized spacial score (nSPS) is 11.7. The molecule has 0 radical (unpaired) electrons. The largest absolute Gasteiger partial charge is 0.346 e. The Bertz CT molecular complexity index is 882. The van der Waals surface area contributed by atoms with E-state index < -0.39 is 11.8 Å². The number of anilines is 1. The lowest BCUT2D eigenvalue weighted by Gasteiger charge is -2.25. The molecule has 0 aromatic heterocycles. The van der Waals surface area contributed by atoms with Gasteiger partial charge in [0.1, 0.15) is 5.82 Å². The summed E-state index contributed by atoms with van der Waals surface area (Å²) in [5, 5.41) is 5.07. The molecule has 0 aliphatic carbocycles. The predicted molar refractivity (Wildman–Crippen MR) is 109 cm³/mol. The molecule has 3 amide bonds. The van der Waals surface area contributed by atoms with Crippen molar-refractivity contribution in [2.24, 2.45) is 0 Å². The fourth-order valence-electron chi connectivity index (χ4n) is 2.75. The number of likely N-dealkylation sites (N-methyl/N-ethyl adjacent to an activating group) is 1.